The number of hydrogen-bond acceptors (Lipinski definition) is 5. The van der Waals surface area contributed by atoms with Gasteiger partial charge in [-0.1, -0.05) is 0 Å². The van der Waals surface area contributed by atoms with E-state index in [9.17, 15) is 27.8 Å². The van der Waals surface area contributed by atoms with Crippen LogP contribution in [0.4, 0.5) is 8.78 Å². The van der Waals surface area contributed by atoms with Gasteiger partial charge in [0.2, 0.25) is 0 Å². The van der Waals surface area contributed by atoms with Gasteiger partial charge in [0.1, 0.15) is 11.8 Å². The molecule has 3 rings (SSSR count). The number of halogens is 2. The van der Waals surface area contributed by atoms with Crippen molar-refractivity contribution < 1.29 is 27.5 Å². The number of alkyl halides is 2. The average molecular weight is 338 g/mol. The molecule has 1 aromatic heterocycles. The first-order chi connectivity index (χ1) is 10.1. The molecule has 22 heavy (non-hydrogen) atoms. The number of aryl methyl sites for hydroxylation is 1. The number of aromatic amines is 1. The zero-order chi connectivity index (χ0) is 16.3. The number of aromatic nitrogens is 2. The summed E-state index contributed by atoms with van der Waals surface area (Å²) in [5.41, 5.74) is -6.54. The van der Waals surface area contributed by atoms with E-state index in [1.807, 2.05) is 0 Å². The molecule has 0 bridgehead atoms. The van der Waals surface area contributed by atoms with Crippen LogP contribution in [0.2, 0.25) is 0 Å². The Morgan fingerprint density at radius 2 is 2.18 bits per heavy atom. The van der Waals surface area contributed by atoms with E-state index < -0.39 is 42.8 Å². The lowest BCUT2D eigenvalue weighted by atomic mass is 9.98. The molecule has 2 aliphatic heterocycles. The highest BCUT2D eigenvalue weighted by Crippen LogP contribution is 2.70. The Bertz CT molecular complexity index is 790. The molecule has 0 aromatic carbocycles. The van der Waals surface area contributed by atoms with Crippen molar-refractivity contribution in [3.8, 4) is 0 Å². The summed E-state index contributed by atoms with van der Waals surface area (Å²) in [5, 5.41) is 0. The Morgan fingerprint density at radius 3 is 2.77 bits per heavy atom. The van der Waals surface area contributed by atoms with Crippen LogP contribution in [0, 0.1) is 6.92 Å². The number of hydrogen-bond donors (Lipinski definition) is 2. The molecule has 2 saturated heterocycles. The van der Waals surface area contributed by atoms with Gasteiger partial charge in [0.05, 0.1) is 13.0 Å². The minimum Gasteiger partial charge on any atom is -0.355 e. The second-order valence-corrected chi connectivity index (χ2v) is 7.46. The number of rotatable bonds is 1. The van der Waals surface area contributed by atoms with Gasteiger partial charge in [0, 0.05) is 18.2 Å². The Morgan fingerprint density at radius 1 is 1.50 bits per heavy atom. The van der Waals surface area contributed by atoms with Crippen molar-refractivity contribution in [1.82, 2.24) is 9.55 Å². The standard InChI is InChI=1S/C11H13F2N2O6P/c1-6-3-15(9(17)14-8(6)16)7-2-10(5-20-7)4-11(12,13)22(18,19)21-10/h3,7H,2,4-5H2,1H3,(H,18,19)(H,14,16,17)/t7-,10-/m1/s1. The molecule has 2 fully saturated rings. The molecule has 0 saturated carbocycles. The van der Waals surface area contributed by atoms with Crippen LogP contribution >= 0.6 is 7.60 Å². The van der Waals surface area contributed by atoms with Gasteiger partial charge in [-0.2, -0.15) is 8.78 Å². The fraction of sp³-hybridized carbons (Fsp3) is 0.636. The molecule has 122 valence electrons. The molecule has 8 nitrogen and oxygen atoms in total. The molecule has 1 aromatic rings. The van der Waals surface area contributed by atoms with Crippen molar-refractivity contribution in [3.63, 3.8) is 0 Å². The van der Waals surface area contributed by atoms with Crippen LogP contribution in [0.1, 0.15) is 24.6 Å². The first kappa shape index (κ1) is 15.5. The molecule has 3 atom stereocenters. The molecule has 0 aliphatic carbocycles. The predicted molar refractivity (Wildman–Crippen MR) is 68.9 cm³/mol. The Kier molecular flexibility index (Phi) is 3.23. The summed E-state index contributed by atoms with van der Waals surface area (Å²) in [6.07, 6.45) is -0.868. The molecular formula is C11H13F2N2O6P. The fourth-order valence-electron chi connectivity index (χ4n) is 2.70. The van der Waals surface area contributed by atoms with Crippen molar-refractivity contribution in [1.29, 1.82) is 0 Å². The largest absolute Gasteiger partial charge is 0.397 e. The average Bonchev–Trinajstić information content (AvgIpc) is 2.82. The topological polar surface area (TPSA) is 111 Å². The van der Waals surface area contributed by atoms with Gasteiger partial charge in [0.15, 0.2) is 0 Å². The van der Waals surface area contributed by atoms with Crippen molar-refractivity contribution in [2.45, 2.75) is 37.3 Å². The number of nitrogens with one attached hydrogen (secondary N) is 1. The lowest BCUT2D eigenvalue weighted by molar-refractivity contribution is 0.0161. The van der Waals surface area contributed by atoms with E-state index in [2.05, 4.69) is 4.98 Å². The van der Waals surface area contributed by atoms with Crippen LogP contribution in [0.25, 0.3) is 0 Å². The van der Waals surface area contributed by atoms with Crippen molar-refractivity contribution >= 4 is 7.60 Å². The second-order valence-electron chi connectivity index (χ2n) is 5.59. The van der Waals surface area contributed by atoms with Gasteiger partial charge >= 0.3 is 18.9 Å². The minimum absolute atomic E-state index is 0.196. The summed E-state index contributed by atoms with van der Waals surface area (Å²) in [7, 11) is -5.07. The maximum absolute atomic E-state index is 13.5. The lowest BCUT2D eigenvalue weighted by Crippen LogP contribution is -2.34. The van der Waals surface area contributed by atoms with Crippen LogP contribution < -0.4 is 11.2 Å². The summed E-state index contributed by atoms with van der Waals surface area (Å²) >= 11 is 0. The summed E-state index contributed by atoms with van der Waals surface area (Å²) in [6.45, 7) is 1.13. The first-order valence-electron chi connectivity index (χ1n) is 6.40. The lowest BCUT2D eigenvalue weighted by Gasteiger charge is -2.19. The highest BCUT2D eigenvalue weighted by Gasteiger charge is 2.67. The van der Waals surface area contributed by atoms with Crippen LogP contribution in [0.3, 0.4) is 0 Å². The quantitative estimate of drug-likeness (QED) is 0.730. The van der Waals surface area contributed by atoms with Gasteiger partial charge in [-0.05, 0) is 6.92 Å². The normalized spacial score (nSPS) is 37.0. The first-order valence-corrected chi connectivity index (χ1v) is 7.98. The summed E-state index contributed by atoms with van der Waals surface area (Å²) in [4.78, 5) is 34.4. The van der Waals surface area contributed by atoms with E-state index in [0.29, 0.717) is 0 Å². The highest BCUT2D eigenvalue weighted by molar-refractivity contribution is 7.54. The molecular weight excluding hydrogens is 325 g/mol. The summed E-state index contributed by atoms with van der Waals surface area (Å²) in [5.74, 6) is 0. The van der Waals surface area contributed by atoms with E-state index in [1.54, 1.807) is 0 Å². The van der Waals surface area contributed by atoms with Crippen LogP contribution in [0.15, 0.2) is 15.8 Å². The van der Waals surface area contributed by atoms with Crippen molar-refractivity contribution in [2.24, 2.45) is 0 Å². The summed E-state index contributed by atoms with van der Waals surface area (Å²) in [6, 6.07) is 0. The van der Waals surface area contributed by atoms with Gasteiger partial charge in [-0.3, -0.25) is 23.4 Å². The molecule has 0 radical (unpaired) electrons. The molecule has 11 heteroatoms. The third-order valence-electron chi connectivity index (χ3n) is 3.81. The second kappa shape index (κ2) is 4.58. The van der Waals surface area contributed by atoms with Gasteiger partial charge < -0.3 is 9.63 Å². The fourth-order valence-corrected chi connectivity index (χ4v) is 4.04. The van der Waals surface area contributed by atoms with E-state index in [-0.39, 0.29) is 18.6 Å². The van der Waals surface area contributed by atoms with E-state index in [1.165, 1.54) is 13.1 Å². The van der Waals surface area contributed by atoms with Gasteiger partial charge in [-0.15, -0.1) is 0 Å². The van der Waals surface area contributed by atoms with Gasteiger partial charge in [-0.25, -0.2) is 4.79 Å². The highest BCUT2D eigenvalue weighted by atomic mass is 31.2. The predicted octanol–water partition coefficient (Wildman–Crippen LogP) is 0.701. The third-order valence-corrected chi connectivity index (χ3v) is 5.43. The number of nitrogens with zero attached hydrogens (tertiary/aromatic N) is 1. The molecule has 3 heterocycles. The maximum Gasteiger partial charge on any atom is 0.397 e. The van der Waals surface area contributed by atoms with E-state index in [4.69, 9.17) is 9.26 Å². The number of H-pyrrole nitrogens is 1. The SMILES string of the molecule is Cc1cn([C@H]2C[C@]3(CO2)CC(F)(F)P(=O)(O)O3)c(=O)[nH]c1=O. The Balaban J connectivity index is 1.91. The van der Waals surface area contributed by atoms with Crippen LogP contribution in [0.5, 0.6) is 0 Å². The zero-order valence-electron chi connectivity index (χ0n) is 11.4. The Hall–Kier alpha value is -1.35. The molecule has 0 amide bonds. The summed E-state index contributed by atoms with van der Waals surface area (Å²) < 4.78 is 49.6. The molecule has 2 N–H and O–H groups in total. The maximum atomic E-state index is 13.5. The molecule has 1 unspecified atom stereocenters. The van der Waals surface area contributed by atoms with Crippen LogP contribution in [-0.2, 0) is 13.8 Å². The zero-order valence-corrected chi connectivity index (χ0v) is 12.3. The van der Waals surface area contributed by atoms with E-state index >= 15 is 0 Å². The smallest absolute Gasteiger partial charge is 0.355 e. The van der Waals surface area contributed by atoms with Crippen molar-refractivity contribution in [2.75, 3.05) is 6.61 Å². The van der Waals surface area contributed by atoms with Crippen LogP contribution in [-0.4, -0.2) is 32.3 Å². The van der Waals surface area contributed by atoms with Crippen molar-refractivity contribution in [3.05, 3.63) is 32.6 Å². The molecule has 2 aliphatic rings. The van der Waals surface area contributed by atoms with Gasteiger partial charge in [0.25, 0.3) is 5.56 Å². The molecule has 1 spiro atoms. The van der Waals surface area contributed by atoms with E-state index in [0.717, 1.165) is 4.57 Å². The monoisotopic (exact) mass is 338 g/mol. The number of ether oxygens (including phenoxy) is 1. The third kappa shape index (κ3) is 2.26. The minimum atomic E-state index is -5.07. The Labute approximate surface area is 122 Å².